The highest BCUT2D eigenvalue weighted by atomic mass is 32.1. The lowest BCUT2D eigenvalue weighted by molar-refractivity contribution is -0.134. The first-order chi connectivity index (χ1) is 22.4. The molecule has 2 rings (SSSR count). The molecule has 260 valence electrons. The van der Waals surface area contributed by atoms with E-state index in [0.29, 0.717) is 55.5 Å². The Balaban J connectivity index is 2.34. The number of carbonyl (C=O) groups is 4. The van der Waals surface area contributed by atoms with Crippen molar-refractivity contribution in [2.75, 3.05) is 26.7 Å². The number of nitrogens with two attached hydrogens (primary N) is 4. The van der Waals surface area contributed by atoms with Gasteiger partial charge < -0.3 is 58.1 Å². The number of aromatic nitrogens is 2. The molecule has 0 aliphatic carbocycles. The minimum Gasteiger partial charge on any atom is -0.370 e. The van der Waals surface area contributed by atoms with Gasteiger partial charge in [0, 0.05) is 51.9 Å². The van der Waals surface area contributed by atoms with Gasteiger partial charge in [-0.15, -0.1) is 0 Å². The molecule has 0 fully saturated rings. The molecule has 0 saturated heterocycles. The van der Waals surface area contributed by atoms with E-state index in [1.807, 2.05) is 30.3 Å². The number of benzene rings is 1. The molecule has 4 atom stereocenters. The van der Waals surface area contributed by atoms with Gasteiger partial charge in [-0.25, -0.2) is 0 Å². The van der Waals surface area contributed by atoms with Crippen molar-refractivity contribution in [3.8, 4) is 0 Å². The van der Waals surface area contributed by atoms with Crippen molar-refractivity contribution in [3.63, 3.8) is 0 Å². The SMILES string of the molecule is CN[C@H](CCCN=C(N)N)C(=O)N[C@@H](Cc1cn(C)c(=S)n1C)C(=O)N[C@@H](CCCCN)C(=O)N[C@@](C=O)(CN)Cc1ccccc1. The zero-order chi connectivity index (χ0) is 35.0. The summed E-state index contributed by atoms with van der Waals surface area (Å²) in [4.78, 5) is 57.4. The molecule has 3 amide bonds. The molecule has 0 aliphatic rings. The van der Waals surface area contributed by atoms with Crippen LogP contribution in [0.25, 0.3) is 0 Å². The third-order valence-corrected chi connectivity index (χ3v) is 8.48. The first-order valence-corrected chi connectivity index (χ1v) is 16.1. The number of carbonyl (C=O) groups excluding carboxylic acids is 4. The van der Waals surface area contributed by atoms with Crippen LogP contribution in [0, 0.1) is 4.77 Å². The van der Waals surface area contributed by atoms with Crippen molar-refractivity contribution in [2.24, 2.45) is 42.0 Å². The fourth-order valence-electron chi connectivity index (χ4n) is 5.13. The van der Waals surface area contributed by atoms with Crippen LogP contribution in [0.3, 0.4) is 0 Å². The van der Waals surface area contributed by atoms with Crippen molar-refractivity contribution in [1.29, 1.82) is 0 Å². The van der Waals surface area contributed by atoms with Crippen LogP contribution in [-0.4, -0.2) is 89.4 Å². The molecule has 0 bridgehead atoms. The van der Waals surface area contributed by atoms with Gasteiger partial charge in [-0.05, 0) is 63.5 Å². The lowest BCUT2D eigenvalue weighted by atomic mass is 9.91. The average Bonchev–Trinajstić information content (AvgIpc) is 3.29. The van der Waals surface area contributed by atoms with Gasteiger partial charge in [-0.3, -0.25) is 19.4 Å². The summed E-state index contributed by atoms with van der Waals surface area (Å²) in [6.45, 7) is 0.592. The molecule has 16 heteroatoms. The second-order valence-electron chi connectivity index (χ2n) is 11.6. The van der Waals surface area contributed by atoms with Crippen molar-refractivity contribution in [3.05, 3.63) is 52.6 Å². The van der Waals surface area contributed by atoms with E-state index in [-0.39, 0.29) is 31.8 Å². The smallest absolute Gasteiger partial charge is 0.243 e. The number of guanidine groups is 1. The number of hydrogen-bond donors (Lipinski definition) is 8. The van der Waals surface area contributed by atoms with Crippen molar-refractivity contribution in [2.45, 2.75) is 68.6 Å². The molecule has 0 spiro atoms. The maximum absolute atomic E-state index is 13.9. The summed E-state index contributed by atoms with van der Waals surface area (Å²) in [5.74, 6) is -1.60. The molecule has 0 radical (unpaired) electrons. The van der Waals surface area contributed by atoms with E-state index >= 15 is 0 Å². The van der Waals surface area contributed by atoms with Crippen LogP contribution in [-0.2, 0) is 46.1 Å². The van der Waals surface area contributed by atoms with Gasteiger partial charge in [-0.2, -0.15) is 0 Å². The zero-order valence-corrected chi connectivity index (χ0v) is 28.4. The molecule has 12 N–H and O–H groups in total. The largest absolute Gasteiger partial charge is 0.370 e. The van der Waals surface area contributed by atoms with Crippen LogP contribution in [0.5, 0.6) is 0 Å². The first-order valence-electron chi connectivity index (χ1n) is 15.7. The minimum absolute atomic E-state index is 0.0361. The quantitative estimate of drug-likeness (QED) is 0.0254. The van der Waals surface area contributed by atoms with E-state index in [2.05, 4.69) is 26.3 Å². The van der Waals surface area contributed by atoms with E-state index in [0.717, 1.165) is 5.56 Å². The van der Waals surface area contributed by atoms with Gasteiger partial charge in [0.2, 0.25) is 17.7 Å². The van der Waals surface area contributed by atoms with Gasteiger partial charge >= 0.3 is 0 Å². The number of nitrogens with zero attached hydrogens (tertiary/aromatic N) is 3. The molecule has 15 nitrogen and oxygen atoms in total. The number of aryl methyl sites for hydroxylation is 1. The molecule has 47 heavy (non-hydrogen) atoms. The second-order valence-corrected chi connectivity index (χ2v) is 12.0. The van der Waals surface area contributed by atoms with Crippen LogP contribution in [0.2, 0.25) is 0 Å². The highest BCUT2D eigenvalue weighted by molar-refractivity contribution is 7.71. The van der Waals surface area contributed by atoms with Crippen molar-refractivity contribution in [1.82, 2.24) is 30.4 Å². The summed E-state index contributed by atoms with van der Waals surface area (Å²) in [5.41, 5.74) is 22.6. The van der Waals surface area contributed by atoms with Gasteiger partial charge in [0.15, 0.2) is 10.7 Å². The fraction of sp³-hybridized carbons (Fsp3) is 0.548. The Morgan fingerprint density at radius 2 is 1.60 bits per heavy atom. The Morgan fingerprint density at radius 1 is 0.957 bits per heavy atom. The van der Waals surface area contributed by atoms with Gasteiger partial charge in [0.1, 0.15) is 23.9 Å². The van der Waals surface area contributed by atoms with Gasteiger partial charge in [0.25, 0.3) is 0 Å². The van der Waals surface area contributed by atoms with E-state index in [1.54, 1.807) is 36.5 Å². The Labute approximate surface area is 281 Å². The molecule has 0 saturated carbocycles. The van der Waals surface area contributed by atoms with Crippen molar-refractivity contribution >= 4 is 42.2 Å². The van der Waals surface area contributed by atoms with E-state index < -0.39 is 41.4 Å². The number of imidazole rings is 1. The Kier molecular flexibility index (Phi) is 16.2. The molecule has 0 aliphatic heterocycles. The van der Waals surface area contributed by atoms with E-state index in [4.69, 9.17) is 35.2 Å². The molecule has 2 aromatic rings. The fourth-order valence-corrected chi connectivity index (χ4v) is 5.30. The molecular weight excluding hydrogens is 622 g/mol. The van der Waals surface area contributed by atoms with E-state index in [9.17, 15) is 19.2 Å². The summed E-state index contributed by atoms with van der Waals surface area (Å²) in [6, 6.07) is 6.44. The number of aldehydes is 1. The normalized spacial score (nSPS) is 14.2. The standard InChI is InChI=1S/C31H51N11O4S/c1-36-23(13-9-15-37-29(34)35)26(44)39-25(16-22-18-41(2)30(47)42(22)3)27(45)38-24(12-7-8-14-32)28(46)40-31(19-33,20-43)17-21-10-5-4-6-11-21/h4-6,10-11,18,20,23-25,36H,7-9,12-17,19,32-33H2,1-3H3,(H,38,45)(H,39,44)(H,40,46)(H4,34,35,37)/t23-,24+,25+,31-/m1/s1. The summed E-state index contributed by atoms with van der Waals surface area (Å²) < 4.78 is 4.02. The molecule has 1 heterocycles. The number of nitrogens with one attached hydrogen (secondary N) is 4. The van der Waals surface area contributed by atoms with Crippen LogP contribution >= 0.6 is 12.2 Å². The number of amides is 3. The number of likely N-dealkylation sites (N-methyl/N-ethyl adjacent to an activating group) is 1. The van der Waals surface area contributed by atoms with E-state index in [1.165, 1.54) is 0 Å². The summed E-state index contributed by atoms with van der Waals surface area (Å²) >= 11 is 5.44. The lowest BCUT2D eigenvalue weighted by Crippen LogP contribution is -2.62. The molecule has 1 aromatic heterocycles. The zero-order valence-electron chi connectivity index (χ0n) is 27.5. The Morgan fingerprint density at radius 3 is 2.15 bits per heavy atom. The van der Waals surface area contributed by atoms with Crippen LogP contribution in [0.4, 0.5) is 0 Å². The molecular formula is C31H51N11O4S. The van der Waals surface area contributed by atoms with Gasteiger partial charge in [0.05, 0.1) is 6.04 Å². The van der Waals surface area contributed by atoms with Gasteiger partial charge in [-0.1, -0.05) is 30.3 Å². The Hall–Kier alpha value is -4.12. The van der Waals surface area contributed by atoms with Crippen LogP contribution < -0.4 is 44.2 Å². The predicted octanol–water partition coefficient (Wildman–Crippen LogP) is -1.37. The second kappa shape index (κ2) is 19.5. The Bertz CT molecular complexity index is 1410. The first kappa shape index (κ1) is 39.1. The molecule has 0 unspecified atom stereocenters. The average molecular weight is 674 g/mol. The summed E-state index contributed by atoms with van der Waals surface area (Å²) in [5, 5.41) is 11.5. The molecule has 1 aromatic carbocycles. The van der Waals surface area contributed by atoms with Crippen molar-refractivity contribution < 1.29 is 19.2 Å². The number of unbranched alkanes of at least 4 members (excludes halogenated alkanes) is 1. The monoisotopic (exact) mass is 673 g/mol. The number of rotatable bonds is 21. The lowest BCUT2D eigenvalue weighted by Gasteiger charge is -2.31. The summed E-state index contributed by atoms with van der Waals surface area (Å²) in [7, 11) is 5.21. The maximum atomic E-state index is 13.9. The van der Waals surface area contributed by atoms with Crippen LogP contribution in [0.1, 0.15) is 43.4 Å². The predicted molar refractivity (Wildman–Crippen MR) is 185 cm³/mol. The minimum atomic E-state index is -1.39. The third-order valence-electron chi connectivity index (χ3n) is 7.92. The number of aliphatic imine (C=N–C) groups is 1. The number of hydrogen-bond acceptors (Lipinski definition) is 9. The maximum Gasteiger partial charge on any atom is 0.243 e. The highest BCUT2D eigenvalue weighted by Gasteiger charge is 2.35. The summed E-state index contributed by atoms with van der Waals surface area (Å²) in [6.07, 6.45) is 5.00. The third kappa shape index (κ3) is 12.2. The highest BCUT2D eigenvalue weighted by Crippen LogP contribution is 2.14. The van der Waals surface area contributed by atoms with Crippen LogP contribution in [0.15, 0.2) is 41.5 Å². The topological polar surface area (TPSA) is 243 Å².